The molecule has 0 unspecified atom stereocenters. The molecular weight excluding hydrogens is 124 g/mol. The molecule has 0 aliphatic carbocycles. The molecule has 0 saturated heterocycles. The monoisotopic (exact) mass is 140 g/mol. The summed E-state index contributed by atoms with van der Waals surface area (Å²) in [6, 6.07) is 0. The molecule has 0 N–H and O–H groups in total. The first-order valence-electron chi connectivity index (χ1n) is 4.00. The van der Waals surface area contributed by atoms with E-state index in [2.05, 4.69) is 6.92 Å². The molecule has 0 bridgehead atoms. The van der Waals surface area contributed by atoms with Gasteiger partial charge in [0.05, 0.1) is 0 Å². The summed E-state index contributed by atoms with van der Waals surface area (Å²) in [5.74, 6) is 0.260. The van der Waals surface area contributed by atoms with Crippen molar-refractivity contribution in [3.05, 3.63) is 12.2 Å². The third kappa shape index (κ3) is 5.54. The van der Waals surface area contributed by atoms with Crippen LogP contribution in [-0.2, 0) is 4.79 Å². The summed E-state index contributed by atoms with van der Waals surface area (Å²) < 4.78 is 0. The zero-order valence-electron chi connectivity index (χ0n) is 6.89. The van der Waals surface area contributed by atoms with Crippen LogP contribution < -0.4 is 0 Å². The van der Waals surface area contributed by atoms with Crippen LogP contribution in [0.5, 0.6) is 0 Å². The number of carbonyl (C=O) groups excluding carboxylic acids is 1. The van der Waals surface area contributed by atoms with Gasteiger partial charge in [-0.25, -0.2) is 0 Å². The fourth-order valence-corrected chi connectivity index (χ4v) is 0.711. The number of unbranched alkanes of at least 4 members (excludes halogenated alkanes) is 1. The standard InChI is InChI=1S/C9H16O/c1-3-5-6-8-9(10)7-4-2/h6,8H,3-5,7H2,1-2H3/b8-6+. The van der Waals surface area contributed by atoms with E-state index in [0.717, 1.165) is 19.3 Å². The summed E-state index contributed by atoms with van der Waals surface area (Å²) in [5.41, 5.74) is 0. The van der Waals surface area contributed by atoms with E-state index < -0.39 is 0 Å². The van der Waals surface area contributed by atoms with Crippen LogP contribution >= 0.6 is 0 Å². The Kier molecular flexibility index (Phi) is 6.14. The molecule has 0 aromatic rings. The summed E-state index contributed by atoms with van der Waals surface area (Å²) in [5, 5.41) is 0. The summed E-state index contributed by atoms with van der Waals surface area (Å²) in [6.07, 6.45) is 7.45. The lowest BCUT2D eigenvalue weighted by Gasteiger charge is -1.87. The minimum atomic E-state index is 0.260. The Morgan fingerprint density at radius 1 is 1.30 bits per heavy atom. The molecule has 0 heterocycles. The van der Waals surface area contributed by atoms with Gasteiger partial charge in [-0.2, -0.15) is 0 Å². The molecule has 10 heavy (non-hydrogen) atoms. The fourth-order valence-electron chi connectivity index (χ4n) is 0.711. The summed E-state index contributed by atoms with van der Waals surface area (Å²) in [4.78, 5) is 10.8. The van der Waals surface area contributed by atoms with Gasteiger partial charge in [0.1, 0.15) is 0 Å². The van der Waals surface area contributed by atoms with E-state index in [-0.39, 0.29) is 5.78 Å². The predicted molar refractivity (Wildman–Crippen MR) is 44.0 cm³/mol. The second kappa shape index (κ2) is 6.53. The van der Waals surface area contributed by atoms with Gasteiger partial charge in [0.15, 0.2) is 5.78 Å². The molecule has 0 aromatic carbocycles. The Balaban J connectivity index is 3.36. The van der Waals surface area contributed by atoms with Crippen molar-refractivity contribution in [1.82, 2.24) is 0 Å². The summed E-state index contributed by atoms with van der Waals surface area (Å²) in [7, 11) is 0. The lowest BCUT2D eigenvalue weighted by atomic mass is 10.2. The topological polar surface area (TPSA) is 17.1 Å². The van der Waals surface area contributed by atoms with Crippen LogP contribution in [0.25, 0.3) is 0 Å². The van der Waals surface area contributed by atoms with Gasteiger partial charge in [-0.15, -0.1) is 0 Å². The Hall–Kier alpha value is -0.590. The maximum Gasteiger partial charge on any atom is 0.155 e. The van der Waals surface area contributed by atoms with Crippen LogP contribution in [0.3, 0.4) is 0 Å². The highest BCUT2D eigenvalue weighted by Crippen LogP contribution is 1.93. The molecule has 1 heteroatoms. The van der Waals surface area contributed by atoms with Crippen molar-refractivity contribution in [3.63, 3.8) is 0 Å². The number of carbonyl (C=O) groups is 1. The van der Waals surface area contributed by atoms with Crippen molar-refractivity contribution in [2.24, 2.45) is 0 Å². The van der Waals surface area contributed by atoms with E-state index in [1.807, 2.05) is 13.0 Å². The number of ketones is 1. The van der Waals surface area contributed by atoms with E-state index in [1.165, 1.54) is 0 Å². The first-order valence-corrected chi connectivity index (χ1v) is 4.00. The first-order chi connectivity index (χ1) is 4.81. The minimum absolute atomic E-state index is 0.260. The number of hydrogen-bond acceptors (Lipinski definition) is 1. The Morgan fingerprint density at radius 3 is 2.50 bits per heavy atom. The van der Waals surface area contributed by atoms with Gasteiger partial charge < -0.3 is 0 Å². The van der Waals surface area contributed by atoms with E-state index in [0.29, 0.717) is 6.42 Å². The SMILES string of the molecule is CCC/C=C/C(=O)CCC. The van der Waals surface area contributed by atoms with Crippen molar-refractivity contribution in [1.29, 1.82) is 0 Å². The zero-order chi connectivity index (χ0) is 7.82. The molecule has 0 radical (unpaired) electrons. The largest absolute Gasteiger partial charge is 0.295 e. The van der Waals surface area contributed by atoms with Gasteiger partial charge in [-0.3, -0.25) is 4.79 Å². The van der Waals surface area contributed by atoms with E-state index in [1.54, 1.807) is 6.08 Å². The molecule has 0 amide bonds. The van der Waals surface area contributed by atoms with Crippen molar-refractivity contribution >= 4 is 5.78 Å². The third-order valence-electron chi connectivity index (χ3n) is 1.26. The van der Waals surface area contributed by atoms with E-state index in [4.69, 9.17) is 0 Å². The van der Waals surface area contributed by atoms with E-state index >= 15 is 0 Å². The molecule has 1 nitrogen and oxygen atoms in total. The molecule has 0 fully saturated rings. The second-order valence-corrected chi connectivity index (χ2v) is 2.41. The molecule has 0 spiro atoms. The summed E-state index contributed by atoms with van der Waals surface area (Å²) in [6.45, 7) is 4.13. The molecule has 58 valence electrons. The van der Waals surface area contributed by atoms with Crippen molar-refractivity contribution < 1.29 is 4.79 Å². The number of rotatable bonds is 5. The lowest BCUT2D eigenvalue weighted by Crippen LogP contribution is -1.89. The number of allylic oxidation sites excluding steroid dienone is 2. The molecule has 0 aliphatic heterocycles. The van der Waals surface area contributed by atoms with Gasteiger partial charge >= 0.3 is 0 Å². The highest BCUT2D eigenvalue weighted by Gasteiger charge is 1.90. The average molecular weight is 140 g/mol. The van der Waals surface area contributed by atoms with Gasteiger partial charge in [0.25, 0.3) is 0 Å². The molecule has 0 rings (SSSR count). The molecule has 0 atom stereocenters. The third-order valence-corrected chi connectivity index (χ3v) is 1.26. The first kappa shape index (κ1) is 9.41. The smallest absolute Gasteiger partial charge is 0.155 e. The maximum atomic E-state index is 10.8. The Morgan fingerprint density at radius 2 is 2.00 bits per heavy atom. The van der Waals surface area contributed by atoms with Crippen molar-refractivity contribution in [2.45, 2.75) is 39.5 Å². The predicted octanol–water partition coefficient (Wildman–Crippen LogP) is 2.71. The maximum absolute atomic E-state index is 10.8. The molecule has 0 aromatic heterocycles. The van der Waals surface area contributed by atoms with Gasteiger partial charge in [0.2, 0.25) is 0 Å². The fraction of sp³-hybridized carbons (Fsp3) is 0.667. The van der Waals surface area contributed by atoms with Crippen molar-refractivity contribution in [2.75, 3.05) is 0 Å². The van der Waals surface area contributed by atoms with Crippen LogP contribution in [-0.4, -0.2) is 5.78 Å². The molecular formula is C9H16O. The Bertz CT molecular complexity index is 114. The quantitative estimate of drug-likeness (QED) is 0.536. The normalized spacial score (nSPS) is 10.6. The van der Waals surface area contributed by atoms with Crippen LogP contribution in [0.15, 0.2) is 12.2 Å². The van der Waals surface area contributed by atoms with Crippen LogP contribution in [0.2, 0.25) is 0 Å². The second-order valence-electron chi connectivity index (χ2n) is 2.41. The van der Waals surface area contributed by atoms with Crippen molar-refractivity contribution in [3.8, 4) is 0 Å². The highest BCUT2D eigenvalue weighted by atomic mass is 16.1. The van der Waals surface area contributed by atoms with E-state index in [9.17, 15) is 4.79 Å². The Labute approximate surface area is 63.1 Å². The number of hydrogen-bond donors (Lipinski definition) is 0. The van der Waals surface area contributed by atoms with Gasteiger partial charge in [-0.05, 0) is 18.9 Å². The zero-order valence-corrected chi connectivity index (χ0v) is 6.89. The van der Waals surface area contributed by atoms with Crippen LogP contribution in [0, 0.1) is 0 Å². The molecule has 0 saturated carbocycles. The minimum Gasteiger partial charge on any atom is -0.295 e. The van der Waals surface area contributed by atoms with Gasteiger partial charge in [-0.1, -0.05) is 26.3 Å². The average Bonchev–Trinajstić information content (AvgIpc) is 1.89. The van der Waals surface area contributed by atoms with Gasteiger partial charge in [0, 0.05) is 6.42 Å². The molecule has 0 aliphatic rings. The van der Waals surface area contributed by atoms with Crippen LogP contribution in [0.1, 0.15) is 39.5 Å². The highest BCUT2D eigenvalue weighted by molar-refractivity contribution is 5.89. The summed E-state index contributed by atoms with van der Waals surface area (Å²) >= 11 is 0. The lowest BCUT2D eigenvalue weighted by molar-refractivity contribution is -0.114. The van der Waals surface area contributed by atoms with Crippen LogP contribution in [0.4, 0.5) is 0 Å².